The number of methoxy groups -OCH3 is 1. The highest BCUT2D eigenvalue weighted by Crippen LogP contribution is 2.05. The number of carbonyl (C=O) groups is 1. The first-order valence-corrected chi connectivity index (χ1v) is 5.19. The van der Waals surface area contributed by atoms with Gasteiger partial charge in [-0.1, -0.05) is 0 Å². The van der Waals surface area contributed by atoms with Crippen molar-refractivity contribution in [2.75, 3.05) is 13.7 Å². The van der Waals surface area contributed by atoms with Gasteiger partial charge in [-0.2, -0.15) is 0 Å². The summed E-state index contributed by atoms with van der Waals surface area (Å²) in [5.41, 5.74) is 0. The van der Waals surface area contributed by atoms with E-state index in [-0.39, 0.29) is 12.0 Å². The van der Waals surface area contributed by atoms with Crippen molar-refractivity contribution in [3.05, 3.63) is 0 Å². The highest BCUT2D eigenvalue weighted by Gasteiger charge is 2.21. The van der Waals surface area contributed by atoms with Gasteiger partial charge in [-0.3, -0.25) is 4.79 Å². The van der Waals surface area contributed by atoms with Crippen molar-refractivity contribution >= 4 is 5.91 Å². The molecule has 0 aliphatic carbocycles. The summed E-state index contributed by atoms with van der Waals surface area (Å²) in [6, 6.07) is 0.709. The minimum Gasteiger partial charge on any atom is -0.380 e. The first-order chi connectivity index (χ1) is 6.63. The third-order valence-corrected chi connectivity index (χ3v) is 2.84. The molecular weight excluding hydrogens is 180 g/mol. The third kappa shape index (κ3) is 3.27. The molecule has 0 aromatic heterocycles. The van der Waals surface area contributed by atoms with E-state index in [2.05, 4.69) is 17.6 Å². The van der Waals surface area contributed by atoms with E-state index >= 15 is 0 Å². The van der Waals surface area contributed by atoms with Crippen LogP contribution >= 0.6 is 0 Å². The number of amides is 1. The number of rotatable bonds is 4. The van der Waals surface area contributed by atoms with Crippen LogP contribution in [0.5, 0.6) is 0 Å². The van der Waals surface area contributed by atoms with E-state index in [4.69, 9.17) is 4.74 Å². The summed E-state index contributed by atoms with van der Waals surface area (Å²) in [5, 5.41) is 6.30. The fraction of sp³-hybridized carbons (Fsp3) is 0.900. The van der Waals surface area contributed by atoms with Gasteiger partial charge in [0.2, 0.25) is 5.91 Å². The molecule has 0 aromatic rings. The minimum absolute atomic E-state index is 0.162. The topological polar surface area (TPSA) is 50.4 Å². The zero-order valence-electron chi connectivity index (χ0n) is 9.17. The van der Waals surface area contributed by atoms with Crippen LogP contribution < -0.4 is 10.6 Å². The molecule has 82 valence electrons. The Balaban J connectivity index is 2.26. The van der Waals surface area contributed by atoms with Gasteiger partial charge in [0.25, 0.3) is 0 Å². The summed E-state index contributed by atoms with van der Waals surface area (Å²) in [4.78, 5) is 10.9. The smallest absolute Gasteiger partial charge is 0.220 e. The summed E-state index contributed by atoms with van der Waals surface area (Å²) in [7, 11) is 1.71. The van der Waals surface area contributed by atoms with Crippen molar-refractivity contribution in [1.29, 1.82) is 0 Å². The van der Waals surface area contributed by atoms with Gasteiger partial charge < -0.3 is 15.4 Å². The Morgan fingerprint density at radius 3 is 2.79 bits per heavy atom. The maximum atomic E-state index is 10.9. The summed E-state index contributed by atoms with van der Waals surface area (Å²) in [6.45, 7) is 4.88. The number of nitrogens with one attached hydrogen (secondary N) is 2. The van der Waals surface area contributed by atoms with E-state index in [1.807, 2.05) is 6.92 Å². The van der Waals surface area contributed by atoms with Crippen LogP contribution in [0.15, 0.2) is 0 Å². The van der Waals surface area contributed by atoms with Crippen molar-refractivity contribution < 1.29 is 9.53 Å². The molecule has 1 aliphatic heterocycles. The van der Waals surface area contributed by atoms with Crippen LogP contribution in [0, 0.1) is 0 Å². The average molecular weight is 200 g/mol. The Hall–Kier alpha value is -0.610. The van der Waals surface area contributed by atoms with Gasteiger partial charge in [0.05, 0.1) is 6.10 Å². The largest absolute Gasteiger partial charge is 0.380 e. The maximum Gasteiger partial charge on any atom is 0.220 e. The van der Waals surface area contributed by atoms with Gasteiger partial charge in [-0.15, -0.1) is 0 Å². The van der Waals surface area contributed by atoms with Gasteiger partial charge in [-0.05, 0) is 20.3 Å². The van der Waals surface area contributed by atoms with E-state index in [9.17, 15) is 4.79 Å². The van der Waals surface area contributed by atoms with Gasteiger partial charge in [-0.25, -0.2) is 0 Å². The summed E-state index contributed by atoms with van der Waals surface area (Å²) in [6.07, 6.45) is 1.76. The molecule has 1 saturated heterocycles. The number of piperidine rings is 1. The number of hydrogen-bond donors (Lipinski definition) is 2. The lowest BCUT2D eigenvalue weighted by Gasteiger charge is -2.29. The Bertz CT molecular complexity index is 187. The lowest BCUT2D eigenvalue weighted by atomic mass is 10.1. The molecule has 0 bridgehead atoms. The molecule has 2 N–H and O–H groups in total. The molecule has 1 fully saturated rings. The molecule has 1 aliphatic rings. The third-order valence-electron chi connectivity index (χ3n) is 2.84. The van der Waals surface area contributed by atoms with Gasteiger partial charge in [0.1, 0.15) is 0 Å². The van der Waals surface area contributed by atoms with Crippen LogP contribution in [-0.4, -0.2) is 37.7 Å². The molecule has 3 atom stereocenters. The highest BCUT2D eigenvalue weighted by atomic mass is 16.5. The number of hydrogen-bond acceptors (Lipinski definition) is 3. The summed E-state index contributed by atoms with van der Waals surface area (Å²) < 4.78 is 5.22. The summed E-state index contributed by atoms with van der Waals surface area (Å²) >= 11 is 0. The molecule has 1 heterocycles. The van der Waals surface area contributed by atoms with E-state index in [1.165, 1.54) is 0 Å². The molecule has 0 radical (unpaired) electrons. The second-order valence-corrected chi connectivity index (χ2v) is 3.94. The number of carbonyl (C=O) groups excluding carboxylic acids is 1. The molecule has 4 heteroatoms. The van der Waals surface area contributed by atoms with Gasteiger partial charge in [0, 0.05) is 32.2 Å². The molecule has 0 spiro atoms. The Morgan fingerprint density at radius 1 is 1.57 bits per heavy atom. The van der Waals surface area contributed by atoms with Crippen LogP contribution in [0.4, 0.5) is 0 Å². The summed E-state index contributed by atoms with van der Waals surface area (Å²) in [5.74, 6) is 0.162. The molecule has 4 nitrogen and oxygen atoms in total. The minimum atomic E-state index is 0.162. The lowest BCUT2D eigenvalue weighted by molar-refractivity contribution is -0.122. The van der Waals surface area contributed by atoms with E-state index < -0.39 is 0 Å². The van der Waals surface area contributed by atoms with E-state index in [0.717, 1.165) is 13.0 Å². The van der Waals surface area contributed by atoms with Crippen LogP contribution in [-0.2, 0) is 9.53 Å². The van der Waals surface area contributed by atoms with Crippen molar-refractivity contribution in [3.63, 3.8) is 0 Å². The standard InChI is InChI=1S/C10H20N2O2/c1-7(8(2)14-3)12-9-4-5-10(13)11-6-9/h7-9,12H,4-6H2,1-3H3,(H,11,13). The van der Waals surface area contributed by atoms with Crippen LogP contribution in [0.25, 0.3) is 0 Å². The van der Waals surface area contributed by atoms with Gasteiger partial charge in [0.15, 0.2) is 0 Å². The van der Waals surface area contributed by atoms with E-state index in [0.29, 0.717) is 18.5 Å². The van der Waals surface area contributed by atoms with E-state index in [1.54, 1.807) is 7.11 Å². The zero-order valence-corrected chi connectivity index (χ0v) is 9.17. The fourth-order valence-corrected chi connectivity index (χ4v) is 1.59. The quantitative estimate of drug-likeness (QED) is 0.685. The first-order valence-electron chi connectivity index (χ1n) is 5.19. The Morgan fingerprint density at radius 2 is 2.29 bits per heavy atom. The van der Waals surface area contributed by atoms with Crippen molar-refractivity contribution in [1.82, 2.24) is 10.6 Å². The molecule has 1 amide bonds. The van der Waals surface area contributed by atoms with Crippen molar-refractivity contribution in [2.45, 2.75) is 44.9 Å². The predicted octanol–water partition coefficient (Wildman–Crippen LogP) is 0.278. The fourth-order valence-electron chi connectivity index (χ4n) is 1.59. The first kappa shape index (κ1) is 11.5. The second kappa shape index (κ2) is 5.32. The van der Waals surface area contributed by atoms with Crippen molar-refractivity contribution in [3.8, 4) is 0 Å². The van der Waals surface area contributed by atoms with Crippen LogP contribution in [0.1, 0.15) is 26.7 Å². The Labute approximate surface area is 85.4 Å². The molecule has 0 aromatic carbocycles. The Kier molecular flexibility index (Phi) is 4.35. The SMILES string of the molecule is COC(C)C(C)NC1CCC(=O)NC1. The molecular formula is C10H20N2O2. The second-order valence-electron chi connectivity index (χ2n) is 3.94. The molecule has 1 rings (SSSR count). The normalized spacial score (nSPS) is 26.8. The van der Waals surface area contributed by atoms with Gasteiger partial charge >= 0.3 is 0 Å². The maximum absolute atomic E-state index is 10.9. The zero-order chi connectivity index (χ0) is 10.6. The van der Waals surface area contributed by atoms with Crippen LogP contribution in [0.2, 0.25) is 0 Å². The molecule has 3 unspecified atom stereocenters. The lowest BCUT2D eigenvalue weighted by Crippen LogP contribution is -2.51. The predicted molar refractivity (Wildman–Crippen MR) is 55.1 cm³/mol. The molecule has 14 heavy (non-hydrogen) atoms. The van der Waals surface area contributed by atoms with Crippen LogP contribution in [0.3, 0.4) is 0 Å². The average Bonchev–Trinajstić information content (AvgIpc) is 2.20. The monoisotopic (exact) mass is 200 g/mol. The highest BCUT2D eigenvalue weighted by molar-refractivity contribution is 5.76. The van der Waals surface area contributed by atoms with Crippen molar-refractivity contribution in [2.24, 2.45) is 0 Å². The number of ether oxygens (including phenoxy) is 1. The molecule has 0 saturated carbocycles.